The highest BCUT2D eigenvalue weighted by atomic mass is 35.5. The van der Waals surface area contributed by atoms with E-state index >= 15 is 0 Å². The summed E-state index contributed by atoms with van der Waals surface area (Å²) in [4.78, 5) is 18.5. The SMILES string of the molecule is COc1ccc(Cl)cc1Nc1ccnc(C(=O)N2CCCC2)c1. The van der Waals surface area contributed by atoms with E-state index in [0.29, 0.717) is 16.5 Å². The van der Waals surface area contributed by atoms with Crippen LogP contribution in [0.2, 0.25) is 5.02 Å². The van der Waals surface area contributed by atoms with E-state index in [9.17, 15) is 4.79 Å². The quantitative estimate of drug-likeness (QED) is 0.927. The van der Waals surface area contributed by atoms with Gasteiger partial charge in [-0.1, -0.05) is 11.6 Å². The fraction of sp³-hybridized carbons (Fsp3) is 0.294. The Labute approximate surface area is 140 Å². The average Bonchev–Trinajstić information content (AvgIpc) is 3.09. The molecule has 0 saturated carbocycles. The van der Waals surface area contributed by atoms with Gasteiger partial charge < -0.3 is 15.0 Å². The molecular weight excluding hydrogens is 314 g/mol. The van der Waals surface area contributed by atoms with Gasteiger partial charge in [0.2, 0.25) is 0 Å². The van der Waals surface area contributed by atoms with E-state index in [4.69, 9.17) is 16.3 Å². The van der Waals surface area contributed by atoms with Crippen molar-refractivity contribution in [1.29, 1.82) is 0 Å². The van der Waals surface area contributed by atoms with Crippen LogP contribution in [0.4, 0.5) is 11.4 Å². The predicted molar refractivity (Wildman–Crippen MR) is 90.7 cm³/mol. The van der Waals surface area contributed by atoms with Gasteiger partial charge in [-0.2, -0.15) is 0 Å². The first-order valence-corrected chi connectivity index (χ1v) is 7.91. The Morgan fingerprint density at radius 2 is 2.04 bits per heavy atom. The van der Waals surface area contributed by atoms with Crippen molar-refractivity contribution in [2.75, 3.05) is 25.5 Å². The molecule has 120 valence electrons. The van der Waals surface area contributed by atoms with Gasteiger partial charge in [-0.3, -0.25) is 9.78 Å². The van der Waals surface area contributed by atoms with Crippen molar-refractivity contribution in [2.24, 2.45) is 0 Å². The fourth-order valence-corrected chi connectivity index (χ4v) is 2.81. The number of rotatable bonds is 4. The molecule has 1 amide bonds. The van der Waals surface area contributed by atoms with Gasteiger partial charge in [0, 0.05) is 30.0 Å². The molecule has 0 aliphatic carbocycles. The van der Waals surface area contributed by atoms with E-state index in [0.717, 1.165) is 37.3 Å². The zero-order valence-corrected chi connectivity index (χ0v) is 13.6. The zero-order chi connectivity index (χ0) is 16.2. The van der Waals surface area contributed by atoms with Crippen LogP contribution in [0.5, 0.6) is 5.75 Å². The maximum atomic E-state index is 12.4. The number of amides is 1. The van der Waals surface area contributed by atoms with Gasteiger partial charge in [0.1, 0.15) is 11.4 Å². The number of pyridine rings is 1. The maximum absolute atomic E-state index is 12.4. The number of ether oxygens (including phenoxy) is 1. The molecule has 0 spiro atoms. The number of halogens is 1. The highest BCUT2D eigenvalue weighted by molar-refractivity contribution is 6.31. The minimum Gasteiger partial charge on any atom is -0.495 e. The molecule has 0 bridgehead atoms. The number of nitrogens with one attached hydrogen (secondary N) is 1. The Balaban J connectivity index is 1.83. The number of aromatic nitrogens is 1. The summed E-state index contributed by atoms with van der Waals surface area (Å²) >= 11 is 6.04. The normalized spacial score (nSPS) is 13.9. The molecule has 0 unspecified atom stereocenters. The van der Waals surface area contributed by atoms with Crippen LogP contribution in [-0.2, 0) is 0 Å². The topological polar surface area (TPSA) is 54.5 Å². The third-order valence-electron chi connectivity index (χ3n) is 3.81. The summed E-state index contributed by atoms with van der Waals surface area (Å²) in [5.41, 5.74) is 1.95. The van der Waals surface area contributed by atoms with Gasteiger partial charge in [-0.25, -0.2) is 0 Å². The van der Waals surface area contributed by atoms with Crippen molar-refractivity contribution in [2.45, 2.75) is 12.8 Å². The molecule has 1 aliphatic heterocycles. The lowest BCUT2D eigenvalue weighted by atomic mass is 10.2. The highest BCUT2D eigenvalue weighted by Gasteiger charge is 2.20. The monoisotopic (exact) mass is 331 g/mol. The van der Waals surface area contributed by atoms with Crippen LogP contribution >= 0.6 is 11.6 Å². The summed E-state index contributed by atoms with van der Waals surface area (Å²) in [7, 11) is 1.60. The van der Waals surface area contributed by atoms with Gasteiger partial charge >= 0.3 is 0 Å². The Morgan fingerprint density at radius 1 is 1.26 bits per heavy atom. The highest BCUT2D eigenvalue weighted by Crippen LogP contribution is 2.30. The molecule has 0 atom stereocenters. The van der Waals surface area contributed by atoms with Crippen molar-refractivity contribution in [3.05, 3.63) is 47.2 Å². The second-order valence-electron chi connectivity index (χ2n) is 5.40. The Morgan fingerprint density at radius 3 is 2.78 bits per heavy atom. The van der Waals surface area contributed by atoms with E-state index in [-0.39, 0.29) is 5.91 Å². The molecular formula is C17H18ClN3O2. The van der Waals surface area contributed by atoms with Crippen LogP contribution in [0.15, 0.2) is 36.5 Å². The first-order valence-electron chi connectivity index (χ1n) is 7.53. The summed E-state index contributed by atoms with van der Waals surface area (Å²) in [5, 5.41) is 3.84. The zero-order valence-electron chi connectivity index (χ0n) is 12.9. The molecule has 2 aromatic rings. The fourth-order valence-electron chi connectivity index (χ4n) is 2.64. The number of hydrogen-bond donors (Lipinski definition) is 1. The lowest BCUT2D eigenvalue weighted by molar-refractivity contribution is 0.0787. The number of nitrogens with zero attached hydrogens (tertiary/aromatic N) is 2. The van der Waals surface area contributed by atoms with Gasteiger partial charge in [-0.05, 0) is 43.2 Å². The molecule has 1 aromatic carbocycles. The van der Waals surface area contributed by atoms with E-state index < -0.39 is 0 Å². The second kappa shape index (κ2) is 6.87. The van der Waals surface area contributed by atoms with Crippen LogP contribution in [-0.4, -0.2) is 36.0 Å². The lowest BCUT2D eigenvalue weighted by Gasteiger charge is -2.16. The number of methoxy groups -OCH3 is 1. The predicted octanol–water partition coefficient (Wildman–Crippen LogP) is 3.72. The van der Waals surface area contributed by atoms with Crippen LogP contribution < -0.4 is 10.1 Å². The summed E-state index contributed by atoms with van der Waals surface area (Å²) in [5.74, 6) is 0.655. The Kier molecular flexibility index (Phi) is 4.67. The molecule has 1 N–H and O–H groups in total. The molecule has 5 nitrogen and oxygen atoms in total. The number of carbonyl (C=O) groups is 1. The van der Waals surface area contributed by atoms with Crippen LogP contribution in [0.1, 0.15) is 23.3 Å². The molecule has 1 saturated heterocycles. The first-order chi connectivity index (χ1) is 11.2. The van der Waals surface area contributed by atoms with Crippen molar-refractivity contribution < 1.29 is 9.53 Å². The molecule has 3 rings (SSSR count). The van der Waals surface area contributed by atoms with E-state index in [1.54, 1.807) is 43.6 Å². The molecule has 1 aromatic heterocycles. The first kappa shape index (κ1) is 15.6. The summed E-state index contributed by atoms with van der Waals surface area (Å²) in [6, 6.07) is 8.90. The van der Waals surface area contributed by atoms with E-state index in [1.807, 2.05) is 4.90 Å². The largest absolute Gasteiger partial charge is 0.495 e. The van der Waals surface area contributed by atoms with Gasteiger partial charge in [-0.15, -0.1) is 0 Å². The number of hydrogen-bond acceptors (Lipinski definition) is 4. The molecule has 6 heteroatoms. The lowest BCUT2D eigenvalue weighted by Crippen LogP contribution is -2.28. The number of benzene rings is 1. The summed E-state index contributed by atoms with van der Waals surface area (Å²) in [6.45, 7) is 1.61. The van der Waals surface area contributed by atoms with E-state index in [2.05, 4.69) is 10.3 Å². The summed E-state index contributed by atoms with van der Waals surface area (Å²) < 4.78 is 5.32. The third-order valence-corrected chi connectivity index (χ3v) is 4.05. The van der Waals surface area contributed by atoms with Gasteiger partial charge in [0.15, 0.2) is 0 Å². The minimum absolute atomic E-state index is 0.0239. The van der Waals surface area contributed by atoms with Crippen LogP contribution in [0, 0.1) is 0 Å². The number of likely N-dealkylation sites (tertiary alicyclic amines) is 1. The van der Waals surface area contributed by atoms with Crippen LogP contribution in [0.25, 0.3) is 0 Å². The minimum atomic E-state index is -0.0239. The second-order valence-corrected chi connectivity index (χ2v) is 5.84. The molecule has 1 fully saturated rings. The number of anilines is 2. The van der Waals surface area contributed by atoms with E-state index in [1.165, 1.54) is 0 Å². The molecule has 0 radical (unpaired) electrons. The van der Waals surface area contributed by atoms with Crippen molar-refractivity contribution in [3.63, 3.8) is 0 Å². The molecule has 2 heterocycles. The molecule has 23 heavy (non-hydrogen) atoms. The van der Waals surface area contributed by atoms with Gasteiger partial charge in [0.25, 0.3) is 5.91 Å². The van der Waals surface area contributed by atoms with Crippen molar-refractivity contribution in [3.8, 4) is 5.75 Å². The molecule has 1 aliphatic rings. The summed E-state index contributed by atoms with van der Waals surface area (Å²) in [6.07, 6.45) is 3.75. The number of carbonyl (C=O) groups excluding carboxylic acids is 1. The van der Waals surface area contributed by atoms with Crippen molar-refractivity contribution >= 4 is 28.9 Å². The third kappa shape index (κ3) is 3.56. The van der Waals surface area contributed by atoms with Crippen LogP contribution in [0.3, 0.4) is 0 Å². The average molecular weight is 332 g/mol. The van der Waals surface area contributed by atoms with Crippen molar-refractivity contribution in [1.82, 2.24) is 9.88 Å². The van der Waals surface area contributed by atoms with Gasteiger partial charge in [0.05, 0.1) is 12.8 Å². The maximum Gasteiger partial charge on any atom is 0.272 e. The standard InChI is InChI=1S/C17H18ClN3O2/c1-23-16-5-4-12(18)10-14(16)20-13-6-7-19-15(11-13)17(22)21-8-2-3-9-21/h4-7,10-11H,2-3,8-9H2,1H3,(H,19,20). The smallest absolute Gasteiger partial charge is 0.272 e. The Bertz CT molecular complexity index is 715. The Hall–Kier alpha value is -2.27.